The van der Waals surface area contributed by atoms with Crippen molar-refractivity contribution in [2.24, 2.45) is 0 Å². The Hall–Kier alpha value is -2.20. The second kappa shape index (κ2) is 5.23. The van der Waals surface area contributed by atoms with Gasteiger partial charge in [-0.1, -0.05) is 0 Å². The molecule has 1 rings (SSSR count). The second-order valence-electron chi connectivity index (χ2n) is 3.41. The maximum Gasteiger partial charge on any atom is 0.303 e. The molecule has 2 atom stereocenters. The van der Waals surface area contributed by atoms with Gasteiger partial charge in [0.05, 0.1) is 12.3 Å². The zero-order chi connectivity index (χ0) is 13.0. The Morgan fingerprint density at radius 3 is 2.82 bits per heavy atom. The van der Waals surface area contributed by atoms with Crippen LogP contribution in [0.4, 0.5) is 5.82 Å². The standard InChI is InChI=1S/C10H12N4O3/c1-5(15)9(17-6(2)16)8-4-13-10(12)7(3-11)14-8/h4-5,9,15H,1-2H3,(H2,12,13). The first-order chi connectivity index (χ1) is 7.95. The molecule has 7 nitrogen and oxygen atoms in total. The number of hydrogen-bond donors (Lipinski definition) is 2. The summed E-state index contributed by atoms with van der Waals surface area (Å²) in [6.45, 7) is 2.66. The van der Waals surface area contributed by atoms with Crippen molar-refractivity contribution in [3.63, 3.8) is 0 Å². The lowest BCUT2D eigenvalue weighted by molar-refractivity contribution is -0.152. The minimum absolute atomic E-state index is 0.0107. The van der Waals surface area contributed by atoms with Crippen LogP contribution in [0.3, 0.4) is 0 Å². The molecule has 0 spiro atoms. The number of anilines is 1. The number of esters is 1. The van der Waals surface area contributed by atoms with Crippen LogP contribution in [0.15, 0.2) is 6.20 Å². The van der Waals surface area contributed by atoms with Gasteiger partial charge in [-0.2, -0.15) is 5.26 Å². The molecule has 0 amide bonds. The highest BCUT2D eigenvalue weighted by Gasteiger charge is 2.23. The van der Waals surface area contributed by atoms with Crippen LogP contribution < -0.4 is 5.73 Å². The van der Waals surface area contributed by atoms with Gasteiger partial charge in [0.25, 0.3) is 0 Å². The van der Waals surface area contributed by atoms with Crippen molar-refractivity contribution in [2.45, 2.75) is 26.1 Å². The van der Waals surface area contributed by atoms with Gasteiger partial charge in [-0.15, -0.1) is 0 Å². The molecule has 0 radical (unpaired) electrons. The molecule has 1 aromatic rings. The van der Waals surface area contributed by atoms with E-state index in [-0.39, 0.29) is 17.2 Å². The molecule has 0 aliphatic carbocycles. The van der Waals surface area contributed by atoms with E-state index in [4.69, 9.17) is 15.7 Å². The van der Waals surface area contributed by atoms with Crippen LogP contribution in [0.5, 0.6) is 0 Å². The molecule has 2 unspecified atom stereocenters. The van der Waals surface area contributed by atoms with Crippen LogP contribution in [0.1, 0.15) is 31.3 Å². The average Bonchev–Trinajstić information content (AvgIpc) is 2.26. The van der Waals surface area contributed by atoms with Crippen molar-refractivity contribution in [3.8, 4) is 6.07 Å². The van der Waals surface area contributed by atoms with Crippen LogP contribution in [0.25, 0.3) is 0 Å². The molecule has 0 fully saturated rings. The number of aliphatic hydroxyl groups is 1. The quantitative estimate of drug-likeness (QED) is 0.703. The van der Waals surface area contributed by atoms with E-state index >= 15 is 0 Å². The molecule has 0 saturated carbocycles. The molecule has 7 heteroatoms. The van der Waals surface area contributed by atoms with Crippen LogP contribution in [-0.2, 0) is 9.53 Å². The third kappa shape index (κ3) is 3.12. The fourth-order valence-corrected chi connectivity index (χ4v) is 1.22. The van der Waals surface area contributed by atoms with E-state index < -0.39 is 18.2 Å². The van der Waals surface area contributed by atoms with E-state index in [2.05, 4.69) is 9.97 Å². The van der Waals surface area contributed by atoms with Gasteiger partial charge in [-0.05, 0) is 6.92 Å². The third-order valence-corrected chi connectivity index (χ3v) is 1.95. The molecular formula is C10H12N4O3. The van der Waals surface area contributed by atoms with Gasteiger partial charge in [0.15, 0.2) is 17.6 Å². The highest BCUT2D eigenvalue weighted by atomic mass is 16.6. The SMILES string of the molecule is CC(=O)OC(c1cnc(N)c(C#N)n1)C(C)O. The van der Waals surface area contributed by atoms with Gasteiger partial charge in [-0.3, -0.25) is 4.79 Å². The maximum absolute atomic E-state index is 10.9. The zero-order valence-corrected chi connectivity index (χ0v) is 9.41. The number of nitrogen functional groups attached to an aromatic ring is 1. The van der Waals surface area contributed by atoms with E-state index in [1.807, 2.05) is 0 Å². The summed E-state index contributed by atoms with van der Waals surface area (Å²) in [5.74, 6) is -0.573. The minimum atomic E-state index is -0.969. The first kappa shape index (κ1) is 12.9. The minimum Gasteiger partial charge on any atom is -0.453 e. The number of carbonyl (C=O) groups is 1. The van der Waals surface area contributed by atoms with Crippen LogP contribution >= 0.6 is 0 Å². The largest absolute Gasteiger partial charge is 0.453 e. The summed E-state index contributed by atoms with van der Waals surface area (Å²) in [6.07, 6.45) is -0.674. The summed E-state index contributed by atoms with van der Waals surface area (Å²) in [5.41, 5.74) is 5.52. The Labute approximate surface area is 97.9 Å². The summed E-state index contributed by atoms with van der Waals surface area (Å²) < 4.78 is 4.90. The maximum atomic E-state index is 10.9. The van der Waals surface area contributed by atoms with Gasteiger partial charge in [0.1, 0.15) is 11.8 Å². The van der Waals surface area contributed by atoms with E-state index in [1.54, 1.807) is 6.07 Å². The number of aliphatic hydroxyl groups excluding tert-OH is 1. The van der Waals surface area contributed by atoms with Crippen molar-refractivity contribution in [1.29, 1.82) is 5.26 Å². The molecular weight excluding hydrogens is 224 g/mol. The van der Waals surface area contributed by atoms with Gasteiger partial charge >= 0.3 is 5.97 Å². The Morgan fingerprint density at radius 2 is 2.35 bits per heavy atom. The summed E-state index contributed by atoms with van der Waals surface area (Å²) in [7, 11) is 0. The van der Waals surface area contributed by atoms with Crippen molar-refractivity contribution in [1.82, 2.24) is 9.97 Å². The summed E-state index contributed by atoms with van der Waals surface area (Å²) in [5, 5.41) is 18.2. The predicted molar refractivity (Wildman–Crippen MR) is 57.3 cm³/mol. The van der Waals surface area contributed by atoms with E-state index in [9.17, 15) is 9.90 Å². The third-order valence-electron chi connectivity index (χ3n) is 1.95. The monoisotopic (exact) mass is 236 g/mol. The number of nitrogens with two attached hydrogens (primary N) is 1. The summed E-state index contributed by atoms with van der Waals surface area (Å²) in [6, 6.07) is 1.76. The first-order valence-electron chi connectivity index (χ1n) is 4.83. The van der Waals surface area contributed by atoms with Gasteiger partial charge in [0.2, 0.25) is 0 Å². The lowest BCUT2D eigenvalue weighted by Crippen LogP contribution is -2.22. The molecule has 0 bridgehead atoms. The number of nitriles is 1. The van der Waals surface area contributed by atoms with Crippen LogP contribution in [-0.4, -0.2) is 27.1 Å². The van der Waals surface area contributed by atoms with E-state index in [1.165, 1.54) is 20.0 Å². The Balaban J connectivity index is 3.11. The Bertz CT molecular complexity index is 467. The normalized spacial score (nSPS) is 13.5. The van der Waals surface area contributed by atoms with Crippen molar-refractivity contribution >= 4 is 11.8 Å². The lowest BCUT2D eigenvalue weighted by atomic mass is 10.1. The molecule has 0 aliphatic rings. The van der Waals surface area contributed by atoms with E-state index in [0.29, 0.717) is 0 Å². The smallest absolute Gasteiger partial charge is 0.303 e. The van der Waals surface area contributed by atoms with Crippen molar-refractivity contribution < 1.29 is 14.6 Å². The second-order valence-corrected chi connectivity index (χ2v) is 3.41. The van der Waals surface area contributed by atoms with Gasteiger partial charge in [-0.25, -0.2) is 9.97 Å². The predicted octanol–water partition coefficient (Wildman–Crippen LogP) is -0.0845. The average molecular weight is 236 g/mol. The molecule has 1 heterocycles. The first-order valence-corrected chi connectivity index (χ1v) is 4.83. The number of aromatic nitrogens is 2. The van der Waals surface area contributed by atoms with Crippen molar-refractivity contribution in [2.75, 3.05) is 5.73 Å². The number of ether oxygens (including phenoxy) is 1. The Kier molecular flexibility index (Phi) is 3.96. The number of hydrogen-bond acceptors (Lipinski definition) is 7. The van der Waals surface area contributed by atoms with Crippen LogP contribution in [0, 0.1) is 11.3 Å². The lowest BCUT2D eigenvalue weighted by Gasteiger charge is -2.18. The molecule has 3 N–H and O–H groups in total. The Morgan fingerprint density at radius 1 is 1.71 bits per heavy atom. The molecule has 0 aromatic carbocycles. The topological polar surface area (TPSA) is 122 Å². The highest BCUT2D eigenvalue weighted by Crippen LogP contribution is 2.20. The highest BCUT2D eigenvalue weighted by molar-refractivity contribution is 5.66. The molecule has 1 aromatic heterocycles. The number of rotatable bonds is 3. The fourth-order valence-electron chi connectivity index (χ4n) is 1.22. The van der Waals surface area contributed by atoms with Gasteiger partial charge in [0, 0.05) is 6.92 Å². The summed E-state index contributed by atoms with van der Waals surface area (Å²) >= 11 is 0. The number of carbonyl (C=O) groups excluding carboxylic acids is 1. The van der Waals surface area contributed by atoms with Crippen molar-refractivity contribution in [3.05, 3.63) is 17.6 Å². The molecule has 0 saturated heterocycles. The zero-order valence-electron chi connectivity index (χ0n) is 9.41. The molecule has 0 aliphatic heterocycles. The van der Waals surface area contributed by atoms with Crippen LogP contribution in [0.2, 0.25) is 0 Å². The number of nitrogens with zero attached hydrogens (tertiary/aromatic N) is 3. The summed E-state index contributed by atoms with van der Waals surface area (Å²) in [4.78, 5) is 18.5. The molecule has 17 heavy (non-hydrogen) atoms. The van der Waals surface area contributed by atoms with Gasteiger partial charge < -0.3 is 15.6 Å². The molecule has 90 valence electrons. The fraction of sp³-hybridized carbons (Fsp3) is 0.400. The van der Waals surface area contributed by atoms with E-state index in [0.717, 1.165) is 0 Å².